The number of imide groups is 1. The average Bonchev–Trinajstić information content (AvgIpc) is 2.80. The van der Waals surface area contributed by atoms with Crippen LogP contribution in [0.1, 0.15) is 26.3 Å². The van der Waals surface area contributed by atoms with Crippen molar-refractivity contribution in [3.63, 3.8) is 0 Å². The molecule has 3 N–H and O–H groups in total. The second kappa shape index (κ2) is 5.36. The van der Waals surface area contributed by atoms with Crippen LogP contribution in [0.5, 0.6) is 5.75 Å². The number of ether oxygens (including phenoxy) is 1. The third kappa shape index (κ3) is 2.42. The lowest BCUT2D eigenvalue weighted by molar-refractivity contribution is -0.138. The molecule has 0 spiro atoms. The van der Waals surface area contributed by atoms with Crippen LogP contribution in [0.2, 0.25) is 0 Å². The number of alkyl halides is 3. The molecule has 0 saturated heterocycles. The van der Waals surface area contributed by atoms with Gasteiger partial charge in [-0.05, 0) is 12.1 Å². The van der Waals surface area contributed by atoms with Crippen molar-refractivity contribution in [2.75, 3.05) is 12.8 Å². The Labute approximate surface area is 137 Å². The van der Waals surface area contributed by atoms with Crippen LogP contribution in [0.3, 0.4) is 0 Å². The highest BCUT2D eigenvalue weighted by molar-refractivity contribution is 6.23. The monoisotopic (exact) mass is 353 g/mol. The fraction of sp³-hybridized carbons (Fsp3) is 0.133. The van der Waals surface area contributed by atoms with Crippen molar-refractivity contribution in [3.8, 4) is 11.4 Å². The summed E-state index contributed by atoms with van der Waals surface area (Å²) in [6, 6.07) is 4.11. The molecular weight excluding hydrogens is 343 g/mol. The molecule has 1 aliphatic rings. The highest BCUT2D eigenvalue weighted by Crippen LogP contribution is 2.40. The summed E-state index contributed by atoms with van der Waals surface area (Å²) >= 11 is 0. The molecule has 130 valence electrons. The van der Waals surface area contributed by atoms with E-state index >= 15 is 0 Å². The zero-order chi connectivity index (χ0) is 18.5. The van der Waals surface area contributed by atoms with E-state index in [0.717, 1.165) is 25.3 Å². The molecule has 0 saturated carbocycles. The maximum absolute atomic E-state index is 13.5. The van der Waals surface area contributed by atoms with Crippen LogP contribution in [0.25, 0.3) is 5.69 Å². The zero-order valence-electron chi connectivity index (χ0n) is 12.6. The lowest BCUT2D eigenvalue weighted by atomic mass is 10.1. The number of halogens is 3. The molecule has 0 aliphatic carbocycles. The molecule has 2 amide bonds. The zero-order valence-corrected chi connectivity index (χ0v) is 12.6. The molecule has 0 radical (unpaired) electrons. The van der Waals surface area contributed by atoms with Gasteiger partial charge >= 0.3 is 6.18 Å². The molecule has 7 nitrogen and oxygen atoms in total. The van der Waals surface area contributed by atoms with Crippen molar-refractivity contribution in [1.29, 1.82) is 0 Å². The number of benzene rings is 1. The van der Waals surface area contributed by atoms with E-state index in [1.165, 1.54) is 6.07 Å². The Hall–Kier alpha value is -3.30. The first-order valence-corrected chi connectivity index (χ1v) is 6.82. The second-order valence-electron chi connectivity index (χ2n) is 5.13. The predicted molar refractivity (Wildman–Crippen MR) is 79.8 cm³/mol. The summed E-state index contributed by atoms with van der Waals surface area (Å²) in [5.74, 6) is -2.80. The number of carbonyl (C=O) groups is 2. The van der Waals surface area contributed by atoms with E-state index in [-0.39, 0.29) is 11.1 Å². The predicted octanol–water partition coefficient (Wildman–Crippen LogP) is 1.33. The highest BCUT2D eigenvalue weighted by Gasteiger charge is 2.39. The largest absolute Gasteiger partial charge is 0.496 e. The van der Waals surface area contributed by atoms with Crippen molar-refractivity contribution < 1.29 is 27.5 Å². The smallest absolute Gasteiger partial charge is 0.421 e. The van der Waals surface area contributed by atoms with E-state index in [0.29, 0.717) is 4.57 Å². The Balaban J connectivity index is 2.41. The van der Waals surface area contributed by atoms with Gasteiger partial charge in [-0.2, -0.15) is 13.2 Å². The molecule has 0 fully saturated rings. The summed E-state index contributed by atoms with van der Waals surface area (Å²) in [6.45, 7) is 0. The fourth-order valence-electron chi connectivity index (χ4n) is 2.69. The normalized spacial score (nSPS) is 13.6. The number of fused-ring (bicyclic) bond motifs is 1. The number of nitrogen functional groups attached to an aromatic ring is 1. The summed E-state index contributed by atoms with van der Waals surface area (Å²) in [5.41, 5.74) is 2.32. The molecule has 1 aromatic heterocycles. The first-order valence-electron chi connectivity index (χ1n) is 6.82. The van der Waals surface area contributed by atoms with Gasteiger partial charge in [0.1, 0.15) is 17.1 Å². The molecule has 0 bridgehead atoms. The van der Waals surface area contributed by atoms with Crippen LogP contribution >= 0.6 is 0 Å². The van der Waals surface area contributed by atoms with E-state index in [1.807, 2.05) is 5.32 Å². The van der Waals surface area contributed by atoms with Crippen LogP contribution in [0.15, 0.2) is 29.1 Å². The fourth-order valence-corrected chi connectivity index (χ4v) is 2.69. The van der Waals surface area contributed by atoms with Gasteiger partial charge in [0, 0.05) is 6.07 Å². The van der Waals surface area contributed by atoms with Gasteiger partial charge in [0.05, 0.1) is 23.9 Å². The number of anilines is 1. The third-order valence-corrected chi connectivity index (χ3v) is 3.70. The molecule has 0 atom stereocenters. The molecule has 1 aliphatic heterocycles. The number of methoxy groups -OCH3 is 1. The number of hydrogen-bond donors (Lipinski definition) is 2. The second-order valence-corrected chi connectivity index (χ2v) is 5.13. The number of pyridine rings is 1. The number of aromatic nitrogens is 1. The maximum Gasteiger partial charge on any atom is 0.421 e. The topological polar surface area (TPSA) is 103 Å². The maximum atomic E-state index is 13.5. The molecule has 0 unspecified atom stereocenters. The number of nitrogens with two attached hydrogens (primary N) is 1. The quantitative estimate of drug-likeness (QED) is 0.793. The van der Waals surface area contributed by atoms with E-state index < -0.39 is 46.4 Å². The van der Waals surface area contributed by atoms with Gasteiger partial charge < -0.3 is 10.5 Å². The summed E-state index contributed by atoms with van der Waals surface area (Å²) in [5, 5.41) is 1.94. The van der Waals surface area contributed by atoms with Crippen LogP contribution in [-0.4, -0.2) is 23.5 Å². The first-order chi connectivity index (χ1) is 11.7. The number of nitrogens with zero attached hydrogens (tertiary/aromatic N) is 1. The molecule has 2 aromatic rings. The molecule has 3 rings (SSSR count). The molecule has 25 heavy (non-hydrogen) atoms. The van der Waals surface area contributed by atoms with Crippen LogP contribution in [0.4, 0.5) is 19.0 Å². The average molecular weight is 353 g/mol. The Bertz CT molecular complexity index is 979. The summed E-state index contributed by atoms with van der Waals surface area (Å²) in [6.07, 6.45) is -4.86. The number of hydrogen-bond acceptors (Lipinski definition) is 5. The van der Waals surface area contributed by atoms with Gasteiger partial charge in [-0.3, -0.25) is 24.3 Å². The Morgan fingerprint density at radius 2 is 1.84 bits per heavy atom. The van der Waals surface area contributed by atoms with E-state index in [4.69, 9.17) is 10.5 Å². The summed E-state index contributed by atoms with van der Waals surface area (Å²) < 4.78 is 45.7. The Morgan fingerprint density at radius 3 is 2.44 bits per heavy atom. The Kier molecular flexibility index (Phi) is 3.55. The van der Waals surface area contributed by atoms with Crippen molar-refractivity contribution in [3.05, 3.63) is 51.3 Å². The Morgan fingerprint density at radius 1 is 1.16 bits per heavy atom. The number of carbonyl (C=O) groups excluding carboxylic acids is 2. The summed E-state index contributed by atoms with van der Waals surface area (Å²) in [7, 11) is 1.05. The first kappa shape index (κ1) is 16.6. The lowest BCUT2D eigenvalue weighted by Gasteiger charge is -2.19. The standard InChI is InChI=1S/C15H10F3N3O4/c1-25-8-4-2-3-7(11(8)15(16,17)18)21-9(22)5-6-10(12(21)19)14(24)20-13(6)23/h2-5H,19H2,1H3,(H,20,23,24). The van der Waals surface area contributed by atoms with Crippen LogP contribution in [-0.2, 0) is 6.18 Å². The molecule has 1 aromatic carbocycles. The highest BCUT2D eigenvalue weighted by atomic mass is 19.4. The van der Waals surface area contributed by atoms with E-state index in [2.05, 4.69) is 0 Å². The third-order valence-electron chi connectivity index (χ3n) is 3.70. The molecule has 2 heterocycles. The van der Waals surface area contributed by atoms with Gasteiger partial charge in [-0.25, -0.2) is 0 Å². The lowest BCUT2D eigenvalue weighted by Crippen LogP contribution is -2.26. The van der Waals surface area contributed by atoms with Crippen molar-refractivity contribution >= 4 is 17.6 Å². The van der Waals surface area contributed by atoms with Gasteiger partial charge in [-0.1, -0.05) is 6.07 Å². The molecular formula is C15H10F3N3O4. The minimum atomic E-state index is -4.86. The van der Waals surface area contributed by atoms with Gasteiger partial charge in [-0.15, -0.1) is 0 Å². The SMILES string of the molecule is COc1cccc(-n2c(N)c3c(cc2=O)C(=O)NC3=O)c1C(F)(F)F. The van der Waals surface area contributed by atoms with Crippen LogP contribution < -0.4 is 21.3 Å². The molecule has 10 heteroatoms. The van der Waals surface area contributed by atoms with Gasteiger partial charge in [0.15, 0.2) is 0 Å². The minimum absolute atomic E-state index is 0.278. The van der Waals surface area contributed by atoms with E-state index in [1.54, 1.807) is 0 Å². The van der Waals surface area contributed by atoms with Crippen molar-refractivity contribution in [2.24, 2.45) is 0 Å². The number of rotatable bonds is 2. The van der Waals surface area contributed by atoms with Crippen molar-refractivity contribution in [1.82, 2.24) is 9.88 Å². The number of nitrogens with one attached hydrogen (secondary N) is 1. The summed E-state index contributed by atoms with van der Waals surface area (Å²) in [4.78, 5) is 35.8. The number of amides is 2. The minimum Gasteiger partial charge on any atom is -0.496 e. The van der Waals surface area contributed by atoms with Gasteiger partial charge in [0.25, 0.3) is 17.4 Å². The van der Waals surface area contributed by atoms with Crippen molar-refractivity contribution in [2.45, 2.75) is 6.18 Å². The van der Waals surface area contributed by atoms with Crippen LogP contribution in [0, 0.1) is 0 Å². The van der Waals surface area contributed by atoms with Gasteiger partial charge in [0.2, 0.25) is 0 Å². The van der Waals surface area contributed by atoms with E-state index in [9.17, 15) is 27.6 Å².